The molecule has 0 aliphatic heterocycles. The third-order valence-electron chi connectivity index (χ3n) is 3.75. The summed E-state index contributed by atoms with van der Waals surface area (Å²) in [7, 11) is 1.41. The fourth-order valence-corrected chi connectivity index (χ4v) is 2.39. The van der Waals surface area contributed by atoms with Crippen LogP contribution in [0.15, 0.2) is 59.1 Å². The van der Waals surface area contributed by atoms with Crippen LogP contribution in [-0.4, -0.2) is 18.3 Å². The van der Waals surface area contributed by atoms with Gasteiger partial charge >= 0.3 is 18.2 Å². The molecule has 28 heavy (non-hydrogen) atoms. The summed E-state index contributed by atoms with van der Waals surface area (Å²) in [5.41, 5.74) is 0.399. The van der Waals surface area contributed by atoms with Gasteiger partial charge in [-0.25, -0.2) is 4.79 Å². The second-order valence-electron chi connectivity index (χ2n) is 5.64. The molecular weight excluding hydrogens is 377 g/mol. The zero-order valence-corrected chi connectivity index (χ0v) is 14.6. The van der Waals surface area contributed by atoms with Crippen molar-refractivity contribution in [3.63, 3.8) is 0 Å². The van der Waals surface area contributed by atoms with E-state index in [1.54, 1.807) is 24.3 Å². The molecule has 0 bridgehead atoms. The van der Waals surface area contributed by atoms with Gasteiger partial charge in [-0.05, 0) is 30.3 Å². The van der Waals surface area contributed by atoms with Crippen LogP contribution in [0.5, 0.6) is 11.7 Å². The smallest absolute Gasteiger partial charge is 0.416 e. The number of amides is 1. The van der Waals surface area contributed by atoms with Crippen LogP contribution in [-0.2, 0) is 12.8 Å². The number of nitrogens with one attached hydrogen (secondary N) is 1. The van der Waals surface area contributed by atoms with Crippen molar-refractivity contribution in [3.05, 3.63) is 65.7 Å². The minimum atomic E-state index is -4.44. The molecule has 0 unspecified atom stereocenters. The van der Waals surface area contributed by atoms with Crippen LogP contribution in [0.1, 0.15) is 11.1 Å². The second kappa shape index (κ2) is 8.03. The number of aromatic nitrogens is 1. The van der Waals surface area contributed by atoms with E-state index in [1.165, 1.54) is 31.3 Å². The average Bonchev–Trinajstić information content (AvgIpc) is 3.14. The number of nitrogens with zero attached hydrogens (tertiary/aromatic N) is 1. The standard InChI is InChI=1S/C19H15F3N2O4/c1-23-18(25)27-17-10-16(24-28-17)12-6-8-14(9-7-12)26-11-13-4-2-3-5-15(13)19(20,21)22/h2-10H,11H2,1H3,(H,23,25). The number of halogens is 3. The first-order valence-corrected chi connectivity index (χ1v) is 8.11. The van der Waals surface area contributed by atoms with Crippen LogP contribution in [0.3, 0.4) is 0 Å². The lowest BCUT2D eigenvalue weighted by molar-refractivity contribution is -0.138. The Balaban J connectivity index is 1.67. The van der Waals surface area contributed by atoms with Crippen molar-refractivity contribution in [1.29, 1.82) is 0 Å². The Hall–Kier alpha value is -3.49. The lowest BCUT2D eigenvalue weighted by Gasteiger charge is -2.13. The molecule has 0 fully saturated rings. The molecule has 0 spiro atoms. The largest absolute Gasteiger partial charge is 0.489 e. The van der Waals surface area contributed by atoms with Crippen molar-refractivity contribution in [1.82, 2.24) is 10.5 Å². The van der Waals surface area contributed by atoms with Gasteiger partial charge < -0.3 is 19.3 Å². The Kier molecular flexibility index (Phi) is 5.53. The van der Waals surface area contributed by atoms with Crippen LogP contribution in [0.4, 0.5) is 18.0 Å². The monoisotopic (exact) mass is 392 g/mol. The first-order chi connectivity index (χ1) is 13.4. The van der Waals surface area contributed by atoms with Crippen LogP contribution in [0, 0.1) is 0 Å². The predicted octanol–water partition coefficient (Wildman–Crippen LogP) is 4.66. The summed E-state index contributed by atoms with van der Waals surface area (Å²) in [5.74, 6) is 0.324. The van der Waals surface area contributed by atoms with Gasteiger partial charge in [-0.3, -0.25) is 0 Å². The molecule has 9 heteroatoms. The summed E-state index contributed by atoms with van der Waals surface area (Å²) >= 11 is 0. The molecule has 1 heterocycles. The molecule has 6 nitrogen and oxygen atoms in total. The Labute approximate surface area is 157 Å². The Morgan fingerprint density at radius 2 is 1.86 bits per heavy atom. The van der Waals surface area contributed by atoms with E-state index in [0.717, 1.165) is 6.07 Å². The topological polar surface area (TPSA) is 73.6 Å². The van der Waals surface area contributed by atoms with E-state index < -0.39 is 17.8 Å². The van der Waals surface area contributed by atoms with E-state index in [-0.39, 0.29) is 18.1 Å². The molecule has 0 saturated carbocycles. The molecule has 3 rings (SSSR count). The number of hydrogen-bond donors (Lipinski definition) is 1. The number of rotatable bonds is 5. The highest BCUT2D eigenvalue weighted by Crippen LogP contribution is 2.32. The van der Waals surface area contributed by atoms with Gasteiger partial charge in [0, 0.05) is 18.2 Å². The molecule has 3 aromatic rings. The first kappa shape index (κ1) is 19.3. The molecule has 146 valence electrons. The lowest BCUT2D eigenvalue weighted by atomic mass is 10.1. The van der Waals surface area contributed by atoms with Gasteiger partial charge in [0.15, 0.2) is 0 Å². The SMILES string of the molecule is CNC(=O)Oc1cc(-c2ccc(OCc3ccccc3C(F)(F)F)cc2)no1. The van der Waals surface area contributed by atoms with Gasteiger partial charge in [-0.2, -0.15) is 13.2 Å². The highest BCUT2D eigenvalue weighted by atomic mass is 19.4. The molecule has 0 radical (unpaired) electrons. The molecule has 1 amide bonds. The van der Waals surface area contributed by atoms with E-state index in [9.17, 15) is 18.0 Å². The zero-order chi connectivity index (χ0) is 20.1. The molecule has 0 saturated heterocycles. The molecule has 1 aromatic heterocycles. The third kappa shape index (κ3) is 4.61. The Morgan fingerprint density at radius 3 is 2.54 bits per heavy atom. The van der Waals surface area contributed by atoms with E-state index >= 15 is 0 Å². The van der Waals surface area contributed by atoms with Gasteiger partial charge in [-0.1, -0.05) is 23.4 Å². The average molecular weight is 392 g/mol. The number of ether oxygens (including phenoxy) is 2. The maximum atomic E-state index is 13.0. The van der Waals surface area contributed by atoms with Crippen molar-refractivity contribution in [3.8, 4) is 23.0 Å². The summed E-state index contributed by atoms with van der Waals surface area (Å²) < 4.78 is 54.2. The Bertz CT molecular complexity index is 952. The minimum Gasteiger partial charge on any atom is -0.489 e. The van der Waals surface area contributed by atoms with Crippen molar-refractivity contribution in [2.75, 3.05) is 7.05 Å². The molecule has 2 aromatic carbocycles. The maximum absolute atomic E-state index is 13.0. The fourth-order valence-electron chi connectivity index (χ4n) is 2.39. The molecule has 0 aliphatic carbocycles. The van der Waals surface area contributed by atoms with Gasteiger partial charge in [0.1, 0.15) is 18.1 Å². The van der Waals surface area contributed by atoms with Crippen LogP contribution < -0.4 is 14.8 Å². The van der Waals surface area contributed by atoms with Crippen molar-refractivity contribution >= 4 is 6.09 Å². The number of carbonyl (C=O) groups excluding carboxylic acids is 1. The van der Waals surface area contributed by atoms with Gasteiger partial charge in [-0.15, -0.1) is 0 Å². The van der Waals surface area contributed by atoms with Crippen molar-refractivity contribution in [2.45, 2.75) is 12.8 Å². The van der Waals surface area contributed by atoms with E-state index in [0.29, 0.717) is 17.0 Å². The van der Waals surface area contributed by atoms with Crippen LogP contribution >= 0.6 is 0 Å². The van der Waals surface area contributed by atoms with Crippen molar-refractivity contribution in [2.24, 2.45) is 0 Å². The number of benzene rings is 2. The van der Waals surface area contributed by atoms with Gasteiger partial charge in [0.2, 0.25) is 0 Å². The maximum Gasteiger partial charge on any atom is 0.416 e. The van der Waals surface area contributed by atoms with Crippen LogP contribution in [0.25, 0.3) is 11.3 Å². The third-order valence-corrected chi connectivity index (χ3v) is 3.75. The predicted molar refractivity (Wildman–Crippen MR) is 92.8 cm³/mol. The second-order valence-corrected chi connectivity index (χ2v) is 5.64. The number of carbonyl (C=O) groups is 1. The van der Waals surface area contributed by atoms with Crippen molar-refractivity contribution < 1.29 is 32.0 Å². The normalized spacial score (nSPS) is 11.1. The molecular formula is C19H15F3N2O4. The van der Waals surface area contributed by atoms with Crippen LogP contribution in [0.2, 0.25) is 0 Å². The van der Waals surface area contributed by atoms with E-state index in [2.05, 4.69) is 10.5 Å². The summed E-state index contributed by atoms with van der Waals surface area (Å²) in [4.78, 5) is 11.1. The quantitative estimate of drug-likeness (QED) is 0.684. The van der Waals surface area contributed by atoms with Gasteiger partial charge in [0.25, 0.3) is 0 Å². The van der Waals surface area contributed by atoms with E-state index in [4.69, 9.17) is 14.0 Å². The highest BCUT2D eigenvalue weighted by molar-refractivity contribution is 5.70. The Morgan fingerprint density at radius 1 is 1.14 bits per heavy atom. The highest BCUT2D eigenvalue weighted by Gasteiger charge is 2.32. The first-order valence-electron chi connectivity index (χ1n) is 8.11. The number of alkyl halides is 3. The van der Waals surface area contributed by atoms with Gasteiger partial charge in [0.05, 0.1) is 11.6 Å². The summed E-state index contributed by atoms with van der Waals surface area (Å²) in [6.07, 6.45) is -5.13. The molecule has 0 aliphatic rings. The fraction of sp³-hybridized carbons (Fsp3) is 0.158. The zero-order valence-electron chi connectivity index (χ0n) is 14.6. The molecule has 1 N–H and O–H groups in total. The summed E-state index contributed by atoms with van der Waals surface area (Å²) in [5, 5.41) is 6.06. The summed E-state index contributed by atoms with van der Waals surface area (Å²) in [6.45, 7) is -0.219. The number of hydrogen-bond acceptors (Lipinski definition) is 5. The lowest BCUT2D eigenvalue weighted by Crippen LogP contribution is -2.21. The summed E-state index contributed by atoms with van der Waals surface area (Å²) in [6, 6.07) is 13.2. The van der Waals surface area contributed by atoms with E-state index in [1.807, 2.05) is 0 Å². The minimum absolute atomic E-state index is 0.0477. The molecule has 0 atom stereocenters.